The van der Waals surface area contributed by atoms with Crippen LogP contribution in [-0.2, 0) is 11.3 Å². The smallest absolute Gasteiger partial charge is 0.149 e. The summed E-state index contributed by atoms with van der Waals surface area (Å²) >= 11 is 0. The third-order valence-electron chi connectivity index (χ3n) is 4.39. The van der Waals surface area contributed by atoms with E-state index in [4.69, 9.17) is 0 Å². The molecule has 1 aliphatic heterocycles. The molecule has 118 valence electrons. The van der Waals surface area contributed by atoms with Crippen LogP contribution in [0, 0.1) is 11.8 Å². The van der Waals surface area contributed by atoms with Crippen LogP contribution >= 0.6 is 0 Å². The topological polar surface area (TPSA) is 38.1 Å². The summed E-state index contributed by atoms with van der Waals surface area (Å²) in [4.78, 5) is 14.2. The number of piperidine rings is 1. The lowest BCUT2D eigenvalue weighted by atomic mass is 9.97. The summed E-state index contributed by atoms with van der Waals surface area (Å²) in [6, 6.07) is 0. The second-order valence-corrected chi connectivity index (χ2v) is 7.01. The summed E-state index contributed by atoms with van der Waals surface area (Å²) in [6.07, 6.45) is 6.58. The van der Waals surface area contributed by atoms with Crippen molar-refractivity contribution in [2.24, 2.45) is 11.8 Å². The van der Waals surface area contributed by atoms with E-state index in [0.29, 0.717) is 24.2 Å². The summed E-state index contributed by atoms with van der Waals surface area (Å²) in [7, 11) is 0. The van der Waals surface area contributed by atoms with Crippen LogP contribution in [0.4, 0.5) is 0 Å². The van der Waals surface area contributed by atoms with Crippen LogP contribution in [0.2, 0.25) is 0 Å². The van der Waals surface area contributed by atoms with Crippen LogP contribution in [0.3, 0.4) is 0 Å². The molecule has 0 N–H and O–H groups in total. The Morgan fingerprint density at radius 1 is 1.38 bits per heavy atom. The zero-order valence-electron chi connectivity index (χ0n) is 13.9. The van der Waals surface area contributed by atoms with E-state index < -0.39 is 0 Å². The average molecular weight is 291 g/mol. The number of carbonyl (C=O) groups excluding carboxylic acids is 1. The predicted molar refractivity (Wildman–Crippen MR) is 85.3 cm³/mol. The van der Waals surface area contributed by atoms with Crippen LogP contribution in [0.5, 0.6) is 0 Å². The molecule has 1 fully saturated rings. The number of Topliss-reactive ketones (excluding diaryl/α,β-unsaturated/α-hetero) is 1. The lowest BCUT2D eigenvalue weighted by Crippen LogP contribution is -2.41. The molecule has 4 heteroatoms. The molecule has 21 heavy (non-hydrogen) atoms. The van der Waals surface area contributed by atoms with Crippen LogP contribution in [-0.4, -0.2) is 40.1 Å². The highest BCUT2D eigenvalue weighted by atomic mass is 16.1. The predicted octanol–water partition coefficient (Wildman–Crippen LogP) is 2.94. The van der Waals surface area contributed by atoms with Crippen molar-refractivity contribution >= 4 is 5.78 Å². The minimum absolute atomic E-state index is 0.144. The van der Waals surface area contributed by atoms with Gasteiger partial charge >= 0.3 is 0 Å². The van der Waals surface area contributed by atoms with Gasteiger partial charge in [0.05, 0.1) is 12.7 Å². The molecule has 0 radical (unpaired) electrons. The SMILES string of the molecule is CC(C)C(=O)CN1CCCC(Cn2cc(C(C)C)cn2)C1. The second kappa shape index (κ2) is 7.21. The third-order valence-corrected chi connectivity index (χ3v) is 4.39. The number of hydrogen-bond donors (Lipinski definition) is 0. The number of likely N-dealkylation sites (tertiary alicyclic amines) is 1. The summed E-state index contributed by atoms with van der Waals surface area (Å²) in [5.41, 5.74) is 1.30. The van der Waals surface area contributed by atoms with E-state index in [2.05, 4.69) is 34.7 Å². The second-order valence-electron chi connectivity index (χ2n) is 7.01. The van der Waals surface area contributed by atoms with Crippen LogP contribution in [0.25, 0.3) is 0 Å². The van der Waals surface area contributed by atoms with Crippen molar-refractivity contribution in [1.29, 1.82) is 0 Å². The Hall–Kier alpha value is -1.16. The molecule has 0 saturated carbocycles. The molecule has 0 amide bonds. The Kier molecular flexibility index (Phi) is 5.57. The number of ketones is 1. The van der Waals surface area contributed by atoms with Gasteiger partial charge in [-0.05, 0) is 36.8 Å². The van der Waals surface area contributed by atoms with Crippen LogP contribution < -0.4 is 0 Å². The minimum atomic E-state index is 0.144. The van der Waals surface area contributed by atoms with Crippen LogP contribution in [0.1, 0.15) is 52.0 Å². The fourth-order valence-corrected chi connectivity index (χ4v) is 2.89. The van der Waals surface area contributed by atoms with Gasteiger partial charge in [0.1, 0.15) is 5.78 Å². The summed E-state index contributed by atoms with van der Waals surface area (Å²) in [5.74, 6) is 1.64. The van der Waals surface area contributed by atoms with Gasteiger partial charge in [-0.25, -0.2) is 0 Å². The van der Waals surface area contributed by atoms with Gasteiger partial charge in [0.15, 0.2) is 0 Å². The highest BCUT2D eigenvalue weighted by molar-refractivity contribution is 5.82. The van der Waals surface area contributed by atoms with E-state index in [1.54, 1.807) is 0 Å². The maximum absolute atomic E-state index is 11.9. The molecule has 4 nitrogen and oxygen atoms in total. The fourth-order valence-electron chi connectivity index (χ4n) is 2.89. The molecule has 1 aliphatic rings. The molecule has 2 rings (SSSR count). The lowest BCUT2D eigenvalue weighted by Gasteiger charge is -2.32. The molecule has 1 aromatic rings. The molecule has 2 heterocycles. The Balaban J connectivity index is 1.87. The molecule has 1 unspecified atom stereocenters. The van der Waals surface area contributed by atoms with E-state index in [-0.39, 0.29) is 5.92 Å². The molecule has 0 bridgehead atoms. The number of hydrogen-bond acceptors (Lipinski definition) is 3. The molecular weight excluding hydrogens is 262 g/mol. The standard InChI is InChI=1S/C17H29N3O/c1-13(2)16-8-18-20(11-16)10-15-6-5-7-19(9-15)12-17(21)14(3)4/h8,11,13-15H,5-7,9-10,12H2,1-4H3. The number of nitrogens with zero attached hydrogens (tertiary/aromatic N) is 3. The average Bonchev–Trinajstić information content (AvgIpc) is 2.87. The maximum Gasteiger partial charge on any atom is 0.149 e. The Morgan fingerprint density at radius 2 is 2.14 bits per heavy atom. The summed E-state index contributed by atoms with van der Waals surface area (Å²) in [5, 5.41) is 4.48. The highest BCUT2D eigenvalue weighted by Gasteiger charge is 2.23. The number of aromatic nitrogens is 2. The normalized spacial score (nSPS) is 20.4. The van der Waals surface area contributed by atoms with Crippen molar-refractivity contribution in [3.63, 3.8) is 0 Å². The van der Waals surface area contributed by atoms with E-state index in [9.17, 15) is 4.79 Å². The molecular formula is C17H29N3O. The molecule has 0 aromatic carbocycles. The Labute approximate surface area is 128 Å². The fraction of sp³-hybridized carbons (Fsp3) is 0.765. The van der Waals surface area contributed by atoms with Gasteiger partial charge in [-0.2, -0.15) is 5.10 Å². The van der Waals surface area contributed by atoms with E-state index in [1.807, 2.05) is 20.0 Å². The molecule has 1 atom stereocenters. The van der Waals surface area contributed by atoms with Crippen LogP contribution in [0.15, 0.2) is 12.4 Å². The lowest BCUT2D eigenvalue weighted by molar-refractivity contribution is -0.123. The van der Waals surface area contributed by atoms with Crippen molar-refractivity contribution in [3.8, 4) is 0 Å². The van der Waals surface area contributed by atoms with Gasteiger partial charge in [0, 0.05) is 25.2 Å². The zero-order chi connectivity index (χ0) is 15.4. The first-order valence-electron chi connectivity index (χ1n) is 8.23. The molecule has 0 aliphatic carbocycles. The maximum atomic E-state index is 11.9. The van der Waals surface area contributed by atoms with Crippen molar-refractivity contribution in [2.75, 3.05) is 19.6 Å². The third kappa shape index (κ3) is 4.67. The minimum Gasteiger partial charge on any atom is -0.298 e. The Bertz CT molecular complexity index is 464. The van der Waals surface area contributed by atoms with Gasteiger partial charge < -0.3 is 0 Å². The van der Waals surface area contributed by atoms with Gasteiger partial charge in [-0.3, -0.25) is 14.4 Å². The number of rotatable bonds is 6. The van der Waals surface area contributed by atoms with Crippen molar-refractivity contribution in [3.05, 3.63) is 18.0 Å². The van der Waals surface area contributed by atoms with Crippen molar-refractivity contribution in [2.45, 2.75) is 53.0 Å². The zero-order valence-corrected chi connectivity index (χ0v) is 13.9. The number of carbonyl (C=O) groups is 1. The molecule has 0 spiro atoms. The Morgan fingerprint density at radius 3 is 2.76 bits per heavy atom. The van der Waals surface area contributed by atoms with E-state index in [0.717, 1.165) is 19.6 Å². The quantitative estimate of drug-likeness (QED) is 0.809. The molecule has 1 aromatic heterocycles. The van der Waals surface area contributed by atoms with E-state index >= 15 is 0 Å². The van der Waals surface area contributed by atoms with E-state index in [1.165, 1.54) is 18.4 Å². The first kappa shape index (κ1) is 16.2. The van der Waals surface area contributed by atoms with Gasteiger partial charge in [-0.15, -0.1) is 0 Å². The van der Waals surface area contributed by atoms with Crippen molar-refractivity contribution in [1.82, 2.24) is 14.7 Å². The van der Waals surface area contributed by atoms with Gasteiger partial charge in [0.2, 0.25) is 0 Å². The van der Waals surface area contributed by atoms with Gasteiger partial charge in [-0.1, -0.05) is 27.7 Å². The molecule has 1 saturated heterocycles. The van der Waals surface area contributed by atoms with Crippen molar-refractivity contribution < 1.29 is 4.79 Å². The summed E-state index contributed by atoms with van der Waals surface area (Å²) in [6.45, 7) is 12.0. The van der Waals surface area contributed by atoms with Gasteiger partial charge in [0.25, 0.3) is 0 Å². The highest BCUT2D eigenvalue weighted by Crippen LogP contribution is 2.20. The monoisotopic (exact) mass is 291 g/mol. The summed E-state index contributed by atoms with van der Waals surface area (Å²) < 4.78 is 2.08. The largest absolute Gasteiger partial charge is 0.298 e. The first-order valence-corrected chi connectivity index (χ1v) is 8.23. The first-order chi connectivity index (χ1) is 9.95.